The fraction of sp³-hybridized carbons (Fsp3) is 0.400. The molecule has 0 unspecified atom stereocenters. The van der Waals surface area contributed by atoms with Crippen molar-refractivity contribution < 1.29 is 9.47 Å². The third kappa shape index (κ3) is 2.28. The number of hydrogen-bond donors (Lipinski definition) is 1. The summed E-state index contributed by atoms with van der Waals surface area (Å²) in [6.45, 7) is 1.12. The molecule has 3 nitrogen and oxygen atoms in total. The molecule has 1 aromatic carbocycles. The molecular formula is C10H13BrClNO2. The van der Waals surface area contributed by atoms with E-state index in [1.165, 1.54) is 0 Å². The van der Waals surface area contributed by atoms with Gasteiger partial charge in [0.1, 0.15) is 5.75 Å². The van der Waals surface area contributed by atoms with Crippen molar-refractivity contribution in [1.29, 1.82) is 0 Å². The van der Waals surface area contributed by atoms with Crippen LogP contribution in [0.2, 0.25) is 0 Å². The van der Waals surface area contributed by atoms with Crippen LogP contribution in [0.1, 0.15) is 5.56 Å². The van der Waals surface area contributed by atoms with Crippen molar-refractivity contribution in [2.45, 2.75) is 5.54 Å². The van der Waals surface area contributed by atoms with Gasteiger partial charge in [-0.05, 0) is 12.1 Å². The summed E-state index contributed by atoms with van der Waals surface area (Å²) in [7, 11) is 1.65. The Morgan fingerprint density at radius 3 is 2.60 bits per heavy atom. The lowest BCUT2D eigenvalue weighted by atomic mass is 9.88. The van der Waals surface area contributed by atoms with Gasteiger partial charge >= 0.3 is 0 Å². The Bertz CT molecular complexity index is 355. The lowest BCUT2D eigenvalue weighted by Crippen LogP contribution is -2.54. The van der Waals surface area contributed by atoms with Crippen LogP contribution in [0.25, 0.3) is 0 Å². The summed E-state index contributed by atoms with van der Waals surface area (Å²) in [5.41, 5.74) is 6.77. The molecule has 1 aromatic rings. The molecule has 0 bridgehead atoms. The Kier molecular flexibility index (Phi) is 4.00. The second kappa shape index (κ2) is 4.70. The van der Waals surface area contributed by atoms with Gasteiger partial charge in [0.25, 0.3) is 0 Å². The fourth-order valence-corrected chi connectivity index (χ4v) is 1.89. The molecular weight excluding hydrogens is 281 g/mol. The number of ether oxygens (including phenoxy) is 2. The second-order valence-corrected chi connectivity index (χ2v) is 4.41. The van der Waals surface area contributed by atoms with Crippen LogP contribution in [0.15, 0.2) is 22.7 Å². The lowest BCUT2D eigenvalue weighted by molar-refractivity contribution is -0.0578. The highest BCUT2D eigenvalue weighted by molar-refractivity contribution is 9.10. The molecule has 0 saturated carbocycles. The van der Waals surface area contributed by atoms with Crippen LogP contribution in [0, 0.1) is 0 Å². The van der Waals surface area contributed by atoms with E-state index in [-0.39, 0.29) is 17.9 Å². The summed E-state index contributed by atoms with van der Waals surface area (Å²) in [6, 6.07) is 5.86. The van der Waals surface area contributed by atoms with Crippen molar-refractivity contribution in [1.82, 2.24) is 0 Å². The molecule has 84 valence electrons. The van der Waals surface area contributed by atoms with Crippen LogP contribution < -0.4 is 10.5 Å². The Balaban J connectivity index is 0.00000112. The monoisotopic (exact) mass is 293 g/mol. The van der Waals surface area contributed by atoms with E-state index < -0.39 is 0 Å². The minimum atomic E-state index is -0.369. The van der Waals surface area contributed by atoms with Crippen LogP contribution in [0.5, 0.6) is 5.75 Å². The maximum Gasteiger partial charge on any atom is 0.125 e. The van der Waals surface area contributed by atoms with Crippen molar-refractivity contribution in [2.75, 3.05) is 20.3 Å². The highest BCUT2D eigenvalue weighted by atomic mass is 79.9. The predicted octanol–water partition coefficient (Wildman–Crippen LogP) is 2.06. The van der Waals surface area contributed by atoms with Gasteiger partial charge in [0.2, 0.25) is 0 Å². The van der Waals surface area contributed by atoms with E-state index in [4.69, 9.17) is 15.2 Å². The maximum atomic E-state index is 6.13. The van der Waals surface area contributed by atoms with Crippen molar-refractivity contribution >= 4 is 28.3 Å². The molecule has 1 fully saturated rings. The van der Waals surface area contributed by atoms with Crippen LogP contribution in [0.3, 0.4) is 0 Å². The van der Waals surface area contributed by atoms with E-state index in [0.29, 0.717) is 13.2 Å². The highest BCUT2D eigenvalue weighted by Crippen LogP contribution is 2.35. The average molecular weight is 295 g/mol. The molecule has 0 radical (unpaired) electrons. The molecule has 1 aliphatic rings. The summed E-state index contributed by atoms with van der Waals surface area (Å²) < 4.78 is 11.4. The normalized spacial score (nSPS) is 17.5. The van der Waals surface area contributed by atoms with E-state index in [2.05, 4.69) is 15.9 Å². The number of hydrogen-bond acceptors (Lipinski definition) is 3. The molecule has 1 saturated heterocycles. The average Bonchev–Trinajstić information content (AvgIpc) is 2.14. The Morgan fingerprint density at radius 1 is 1.47 bits per heavy atom. The molecule has 0 atom stereocenters. The first kappa shape index (κ1) is 12.8. The minimum Gasteiger partial charge on any atom is -0.496 e. The van der Waals surface area contributed by atoms with Gasteiger partial charge in [-0.15, -0.1) is 12.4 Å². The van der Waals surface area contributed by atoms with Gasteiger partial charge in [-0.25, -0.2) is 0 Å². The molecule has 2 rings (SSSR count). The summed E-state index contributed by atoms with van der Waals surface area (Å²) >= 11 is 3.39. The first-order valence-electron chi connectivity index (χ1n) is 4.36. The highest BCUT2D eigenvalue weighted by Gasteiger charge is 2.38. The van der Waals surface area contributed by atoms with E-state index in [1.807, 2.05) is 18.2 Å². The maximum absolute atomic E-state index is 6.13. The van der Waals surface area contributed by atoms with Crippen molar-refractivity contribution in [3.05, 3.63) is 28.2 Å². The zero-order valence-electron chi connectivity index (χ0n) is 8.33. The number of nitrogens with two attached hydrogens (primary N) is 1. The standard InChI is InChI=1S/C10H12BrNO2.ClH/c1-13-9-4-7(11)2-3-8(9)10(12)5-14-6-10;/h2-4H,5-6,12H2,1H3;1H. The Hall–Kier alpha value is -0.290. The molecule has 0 amide bonds. The molecule has 0 spiro atoms. The number of methoxy groups -OCH3 is 1. The van der Waals surface area contributed by atoms with Gasteiger partial charge in [-0.2, -0.15) is 0 Å². The van der Waals surface area contributed by atoms with Crippen LogP contribution in [0.4, 0.5) is 0 Å². The van der Waals surface area contributed by atoms with Crippen molar-refractivity contribution in [3.8, 4) is 5.75 Å². The molecule has 0 aromatic heterocycles. The van der Waals surface area contributed by atoms with E-state index in [0.717, 1.165) is 15.8 Å². The van der Waals surface area contributed by atoms with Gasteiger partial charge in [0.05, 0.1) is 25.9 Å². The van der Waals surface area contributed by atoms with E-state index in [1.54, 1.807) is 7.11 Å². The first-order valence-corrected chi connectivity index (χ1v) is 5.16. The first-order chi connectivity index (χ1) is 6.65. The zero-order valence-corrected chi connectivity index (χ0v) is 10.7. The van der Waals surface area contributed by atoms with Crippen LogP contribution in [-0.4, -0.2) is 20.3 Å². The SMILES string of the molecule is COc1cc(Br)ccc1C1(N)COC1.Cl. The largest absolute Gasteiger partial charge is 0.496 e. The van der Waals surface area contributed by atoms with E-state index in [9.17, 15) is 0 Å². The van der Waals surface area contributed by atoms with Gasteiger partial charge in [0.15, 0.2) is 0 Å². The minimum absolute atomic E-state index is 0. The topological polar surface area (TPSA) is 44.5 Å². The molecule has 1 heterocycles. The fourth-order valence-electron chi connectivity index (χ4n) is 1.55. The molecule has 0 aliphatic carbocycles. The third-order valence-corrected chi connectivity index (χ3v) is 2.91. The predicted molar refractivity (Wildman–Crippen MR) is 64.6 cm³/mol. The summed E-state index contributed by atoms with van der Waals surface area (Å²) in [5.74, 6) is 0.810. The summed E-state index contributed by atoms with van der Waals surface area (Å²) in [4.78, 5) is 0. The van der Waals surface area contributed by atoms with Gasteiger partial charge in [-0.1, -0.05) is 22.0 Å². The van der Waals surface area contributed by atoms with Crippen LogP contribution >= 0.6 is 28.3 Å². The van der Waals surface area contributed by atoms with Crippen molar-refractivity contribution in [2.24, 2.45) is 5.73 Å². The number of rotatable bonds is 2. The van der Waals surface area contributed by atoms with E-state index >= 15 is 0 Å². The second-order valence-electron chi connectivity index (χ2n) is 3.49. The molecule has 1 aliphatic heterocycles. The smallest absolute Gasteiger partial charge is 0.125 e. The van der Waals surface area contributed by atoms with Crippen molar-refractivity contribution in [3.63, 3.8) is 0 Å². The third-order valence-electron chi connectivity index (χ3n) is 2.42. The van der Waals surface area contributed by atoms with Gasteiger partial charge < -0.3 is 15.2 Å². The molecule has 15 heavy (non-hydrogen) atoms. The zero-order chi connectivity index (χ0) is 10.2. The quantitative estimate of drug-likeness (QED) is 0.908. The Labute approximate surface area is 103 Å². The lowest BCUT2D eigenvalue weighted by Gasteiger charge is -2.38. The van der Waals surface area contributed by atoms with Gasteiger partial charge in [0, 0.05) is 10.0 Å². The van der Waals surface area contributed by atoms with Crippen LogP contribution in [-0.2, 0) is 10.3 Å². The number of halogens is 2. The molecule has 5 heteroatoms. The summed E-state index contributed by atoms with van der Waals surface area (Å²) in [6.07, 6.45) is 0. The number of benzene rings is 1. The summed E-state index contributed by atoms with van der Waals surface area (Å²) in [5, 5.41) is 0. The van der Waals surface area contributed by atoms with Gasteiger partial charge in [-0.3, -0.25) is 0 Å². The Morgan fingerprint density at radius 2 is 2.13 bits per heavy atom. The molecule has 2 N–H and O–H groups in total.